The molecule has 0 radical (unpaired) electrons. The van der Waals surface area contributed by atoms with E-state index in [1.54, 1.807) is 24.5 Å². The molecule has 0 aromatic carbocycles. The largest absolute Gasteiger partial charge is 0.465 e. The van der Waals surface area contributed by atoms with Gasteiger partial charge in [0.2, 0.25) is 5.91 Å². The molecular weight excluding hydrogens is 240 g/mol. The first-order valence-corrected chi connectivity index (χ1v) is 6.43. The van der Waals surface area contributed by atoms with E-state index in [9.17, 15) is 4.79 Å². The molecule has 98 valence electrons. The van der Waals surface area contributed by atoms with Gasteiger partial charge < -0.3 is 13.9 Å². The van der Waals surface area contributed by atoms with Gasteiger partial charge in [-0.3, -0.25) is 4.79 Å². The van der Waals surface area contributed by atoms with Gasteiger partial charge in [0.25, 0.3) is 0 Å². The van der Waals surface area contributed by atoms with E-state index < -0.39 is 0 Å². The first-order chi connectivity index (χ1) is 9.25. The summed E-state index contributed by atoms with van der Waals surface area (Å²) >= 11 is 0. The fourth-order valence-electron chi connectivity index (χ4n) is 2.52. The van der Waals surface area contributed by atoms with Crippen LogP contribution in [0.1, 0.15) is 24.4 Å². The third-order valence-electron chi connectivity index (χ3n) is 3.56. The molecule has 0 saturated heterocycles. The average Bonchev–Trinajstić information content (AvgIpc) is 3.07. The minimum atomic E-state index is 0.0244. The third kappa shape index (κ3) is 2.21. The van der Waals surface area contributed by atoms with E-state index in [0.29, 0.717) is 5.76 Å². The molecule has 1 aliphatic heterocycles. The van der Waals surface area contributed by atoms with Gasteiger partial charge in [0.1, 0.15) is 5.76 Å². The first-order valence-electron chi connectivity index (χ1n) is 6.43. The Labute approximate surface area is 111 Å². The van der Waals surface area contributed by atoms with Crippen LogP contribution in [0, 0.1) is 0 Å². The molecule has 0 fully saturated rings. The number of fused-ring (bicyclic) bond motifs is 1. The van der Waals surface area contributed by atoms with Crippen molar-refractivity contribution >= 4 is 12.0 Å². The monoisotopic (exact) mass is 256 g/mol. The van der Waals surface area contributed by atoms with Crippen molar-refractivity contribution in [1.29, 1.82) is 0 Å². The maximum atomic E-state index is 12.2. The van der Waals surface area contributed by atoms with E-state index >= 15 is 0 Å². The number of aromatic nitrogens is 1. The van der Waals surface area contributed by atoms with Gasteiger partial charge in [-0.1, -0.05) is 0 Å². The van der Waals surface area contributed by atoms with Crippen LogP contribution in [0.5, 0.6) is 0 Å². The number of rotatable bonds is 2. The van der Waals surface area contributed by atoms with Gasteiger partial charge in [-0.05, 0) is 37.3 Å². The van der Waals surface area contributed by atoms with Gasteiger partial charge in [-0.2, -0.15) is 0 Å². The molecule has 0 unspecified atom stereocenters. The summed E-state index contributed by atoms with van der Waals surface area (Å²) in [7, 11) is 0. The second kappa shape index (κ2) is 4.80. The summed E-state index contributed by atoms with van der Waals surface area (Å²) in [5.74, 6) is 0.720. The zero-order valence-electron chi connectivity index (χ0n) is 10.8. The molecule has 1 atom stereocenters. The van der Waals surface area contributed by atoms with E-state index in [0.717, 1.165) is 13.1 Å². The van der Waals surface area contributed by atoms with Gasteiger partial charge in [0, 0.05) is 31.1 Å². The molecule has 4 nitrogen and oxygen atoms in total. The van der Waals surface area contributed by atoms with Crippen LogP contribution in [-0.2, 0) is 11.3 Å². The van der Waals surface area contributed by atoms with Crippen LogP contribution in [0.15, 0.2) is 47.2 Å². The Kier molecular flexibility index (Phi) is 2.99. The number of hydrogen-bond donors (Lipinski definition) is 0. The highest BCUT2D eigenvalue weighted by molar-refractivity contribution is 5.91. The van der Waals surface area contributed by atoms with E-state index in [2.05, 4.69) is 23.8 Å². The molecule has 1 aliphatic rings. The summed E-state index contributed by atoms with van der Waals surface area (Å²) in [4.78, 5) is 14.1. The minimum absolute atomic E-state index is 0.0244. The standard InChI is InChI=1S/C15H16N2O2/c1-12-14-5-2-8-16(14)9-10-17(12)15(18)7-6-13-4-3-11-19-13/h2-8,11-12H,9-10H2,1H3/b7-6-/t12-/m1/s1. The molecule has 4 heteroatoms. The van der Waals surface area contributed by atoms with Crippen molar-refractivity contribution < 1.29 is 9.21 Å². The molecule has 19 heavy (non-hydrogen) atoms. The maximum Gasteiger partial charge on any atom is 0.247 e. The number of carbonyl (C=O) groups is 1. The average molecular weight is 256 g/mol. The lowest BCUT2D eigenvalue weighted by atomic mass is 10.1. The Morgan fingerprint density at radius 2 is 2.26 bits per heavy atom. The Morgan fingerprint density at radius 3 is 3.05 bits per heavy atom. The molecule has 0 saturated carbocycles. The Hall–Kier alpha value is -2.23. The summed E-state index contributed by atoms with van der Waals surface area (Å²) in [5, 5.41) is 0. The van der Waals surface area contributed by atoms with Gasteiger partial charge >= 0.3 is 0 Å². The molecule has 0 aliphatic carbocycles. The van der Waals surface area contributed by atoms with Crippen molar-refractivity contribution in [1.82, 2.24) is 9.47 Å². The Morgan fingerprint density at radius 1 is 1.37 bits per heavy atom. The second-order valence-electron chi connectivity index (χ2n) is 4.68. The van der Waals surface area contributed by atoms with Gasteiger partial charge in [0.05, 0.1) is 12.3 Å². The smallest absolute Gasteiger partial charge is 0.247 e. The SMILES string of the molecule is C[C@@H]1c2cccn2CCN1C(=O)/C=C\c1ccco1. The van der Waals surface area contributed by atoms with Crippen LogP contribution in [0.3, 0.4) is 0 Å². The van der Waals surface area contributed by atoms with Crippen LogP contribution in [0.2, 0.25) is 0 Å². The highest BCUT2D eigenvalue weighted by atomic mass is 16.3. The maximum absolute atomic E-state index is 12.2. The van der Waals surface area contributed by atoms with E-state index in [1.165, 1.54) is 5.69 Å². The van der Waals surface area contributed by atoms with Crippen molar-refractivity contribution in [3.63, 3.8) is 0 Å². The van der Waals surface area contributed by atoms with E-state index in [-0.39, 0.29) is 11.9 Å². The predicted octanol–water partition coefficient (Wildman–Crippen LogP) is 2.70. The molecule has 0 N–H and O–H groups in total. The van der Waals surface area contributed by atoms with Crippen LogP contribution in [-0.4, -0.2) is 21.9 Å². The lowest BCUT2D eigenvalue weighted by Crippen LogP contribution is -2.39. The van der Waals surface area contributed by atoms with Crippen molar-refractivity contribution in [2.24, 2.45) is 0 Å². The highest BCUT2D eigenvalue weighted by Crippen LogP contribution is 2.25. The normalized spacial score (nSPS) is 18.8. The minimum Gasteiger partial charge on any atom is -0.465 e. The molecule has 3 rings (SSSR count). The molecular formula is C15H16N2O2. The summed E-state index contributed by atoms with van der Waals surface area (Å²) in [6.07, 6.45) is 6.95. The molecule has 2 aromatic rings. The van der Waals surface area contributed by atoms with Crippen LogP contribution in [0.25, 0.3) is 6.08 Å². The van der Waals surface area contributed by atoms with E-state index in [1.807, 2.05) is 17.0 Å². The van der Waals surface area contributed by atoms with Crippen molar-refractivity contribution in [3.05, 3.63) is 54.3 Å². The second-order valence-corrected chi connectivity index (χ2v) is 4.68. The van der Waals surface area contributed by atoms with Gasteiger partial charge in [-0.15, -0.1) is 0 Å². The molecule has 3 heterocycles. The third-order valence-corrected chi connectivity index (χ3v) is 3.56. The Balaban J connectivity index is 1.75. The first kappa shape index (κ1) is 11.8. The van der Waals surface area contributed by atoms with E-state index in [4.69, 9.17) is 4.42 Å². The zero-order chi connectivity index (χ0) is 13.2. The number of hydrogen-bond acceptors (Lipinski definition) is 2. The number of carbonyl (C=O) groups excluding carboxylic acids is 1. The number of nitrogens with zero attached hydrogens (tertiary/aromatic N) is 2. The fraction of sp³-hybridized carbons (Fsp3) is 0.267. The molecule has 2 aromatic heterocycles. The Bertz CT molecular complexity index is 595. The molecule has 0 spiro atoms. The molecule has 0 bridgehead atoms. The van der Waals surface area contributed by atoms with Crippen LogP contribution >= 0.6 is 0 Å². The fourth-order valence-corrected chi connectivity index (χ4v) is 2.52. The number of furan rings is 1. The van der Waals surface area contributed by atoms with Crippen molar-refractivity contribution in [2.45, 2.75) is 19.5 Å². The quantitative estimate of drug-likeness (QED) is 0.775. The summed E-state index contributed by atoms with van der Waals surface area (Å²) in [5.41, 5.74) is 1.19. The topological polar surface area (TPSA) is 38.4 Å². The molecule has 1 amide bonds. The zero-order valence-corrected chi connectivity index (χ0v) is 10.8. The number of amides is 1. The summed E-state index contributed by atoms with van der Waals surface area (Å²) in [6.45, 7) is 3.65. The van der Waals surface area contributed by atoms with Crippen molar-refractivity contribution in [2.75, 3.05) is 6.54 Å². The highest BCUT2D eigenvalue weighted by Gasteiger charge is 2.25. The lowest BCUT2D eigenvalue weighted by Gasteiger charge is -2.34. The van der Waals surface area contributed by atoms with Crippen LogP contribution in [0.4, 0.5) is 0 Å². The van der Waals surface area contributed by atoms with Crippen LogP contribution < -0.4 is 0 Å². The summed E-state index contributed by atoms with van der Waals surface area (Å²) in [6, 6.07) is 7.84. The summed E-state index contributed by atoms with van der Waals surface area (Å²) < 4.78 is 7.38. The van der Waals surface area contributed by atoms with Gasteiger partial charge in [-0.25, -0.2) is 0 Å². The van der Waals surface area contributed by atoms with Gasteiger partial charge in [0.15, 0.2) is 0 Å². The predicted molar refractivity (Wildman–Crippen MR) is 72.3 cm³/mol. The lowest BCUT2D eigenvalue weighted by molar-refractivity contribution is -0.129. The van der Waals surface area contributed by atoms with Crippen molar-refractivity contribution in [3.8, 4) is 0 Å².